The van der Waals surface area contributed by atoms with E-state index in [-0.39, 0.29) is 43.7 Å². The number of nitrogens with zero attached hydrogens (tertiary/aromatic N) is 3. The standard InChI is InChI=1S/C42H50N5O9P/c1-28(2)47(29(3)4)57(54-24-10-23-43)56-36-25-39(46-26-30(13-22-38(44)48)40(49)45-41(46)50)55-37(36)27-53-42(31-11-8-7-9-12-31,32-14-18-34(51-5)19-15-32)33-16-20-35(52-6)21-17-33/h7-9,11-22,26,28-29,36-37,39H,10,24-25,27H2,1-6H3,(H2,44,48)(H,45,49,50)/b22-13+. The summed E-state index contributed by atoms with van der Waals surface area (Å²) in [4.78, 5) is 39.9. The third kappa shape index (κ3) is 10.3. The molecule has 5 rings (SSSR count). The highest BCUT2D eigenvalue weighted by molar-refractivity contribution is 7.44. The quantitative estimate of drug-likeness (QED) is 0.0491. The highest BCUT2D eigenvalue weighted by Crippen LogP contribution is 2.50. The zero-order chi connectivity index (χ0) is 41.1. The topological polar surface area (TPSA) is 180 Å². The smallest absolute Gasteiger partial charge is 0.330 e. The van der Waals surface area contributed by atoms with Crippen molar-refractivity contribution in [2.45, 2.75) is 76.7 Å². The number of nitrogens with two attached hydrogens (primary N) is 1. The van der Waals surface area contributed by atoms with E-state index in [1.165, 1.54) is 16.8 Å². The lowest BCUT2D eigenvalue weighted by atomic mass is 9.80. The summed E-state index contributed by atoms with van der Waals surface area (Å²) >= 11 is 0. The lowest BCUT2D eigenvalue weighted by Gasteiger charge is -2.39. The average Bonchev–Trinajstić information content (AvgIpc) is 3.60. The Morgan fingerprint density at radius 1 is 0.982 bits per heavy atom. The molecule has 1 aliphatic heterocycles. The number of primary amides is 1. The van der Waals surface area contributed by atoms with E-state index in [9.17, 15) is 19.6 Å². The van der Waals surface area contributed by atoms with Gasteiger partial charge in [-0.1, -0.05) is 54.6 Å². The van der Waals surface area contributed by atoms with Crippen molar-refractivity contribution < 1.29 is 32.8 Å². The van der Waals surface area contributed by atoms with Gasteiger partial charge in [0, 0.05) is 30.8 Å². The van der Waals surface area contributed by atoms with Gasteiger partial charge in [-0.15, -0.1) is 0 Å². The molecule has 15 heteroatoms. The summed E-state index contributed by atoms with van der Waals surface area (Å²) in [6.07, 6.45) is 1.52. The van der Waals surface area contributed by atoms with Crippen LogP contribution in [0.3, 0.4) is 0 Å². The van der Waals surface area contributed by atoms with Crippen LogP contribution in [-0.4, -0.2) is 71.9 Å². The summed E-state index contributed by atoms with van der Waals surface area (Å²) in [5.41, 5.74) is 5.18. The van der Waals surface area contributed by atoms with E-state index in [0.29, 0.717) is 11.5 Å². The number of hydrogen-bond acceptors (Lipinski definition) is 11. The second-order valence-corrected chi connectivity index (χ2v) is 15.3. The number of benzene rings is 3. The Morgan fingerprint density at radius 2 is 1.56 bits per heavy atom. The molecule has 1 aliphatic rings. The molecule has 4 aromatic rings. The van der Waals surface area contributed by atoms with E-state index in [4.69, 9.17) is 33.7 Å². The van der Waals surface area contributed by atoms with Gasteiger partial charge < -0.3 is 33.7 Å². The number of carbonyl (C=O) groups is 1. The Bertz CT molecular complexity index is 2060. The summed E-state index contributed by atoms with van der Waals surface area (Å²) < 4.78 is 41.5. The van der Waals surface area contributed by atoms with Crippen molar-refractivity contribution in [1.82, 2.24) is 14.2 Å². The number of carbonyl (C=O) groups excluding carboxylic acids is 1. The van der Waals surface area contributed by atoms with Crippen LogP contribution >= 0.6 is 8.53 Å². The molecule has 1 aromatic heterocycles. The van der Waals surface area contributed by atoms with Crippen molar-refractivity contribution in [3.63, 3.8) is 0 Å². The zero-order valence-corrected chi connectivity index (χ0v) is 33.9. The number of ether oxygens (including phenoxy) is 4. The maximum atomic E-state index is 13.4. The highest BCUT2D eigenvalue weighted by atomic mass is 31.2. The third-order valence-electron chi connectivity index (χ3n) is 9.44. The summed E-state index contributed by atoms with van der Waals surface area (Å²) in [5, 5.41) is 9.33. The fourth-order valence-electron chi connectivity index (χ4n) is 6.83. The lowest BCUT2D eigenvalue weighted by molar-refractivity contribution is -0.113. The number of aromatic nitrogens is 2. The van der Waals surface area contributed by atoms with Crippen LogP contribution in [0.15, 0.2) is 101 Å². The normalized spacial score (nSPS) is 17.6. The van der Waals surface area contributed by atoms with Crippen LogP contribution in [0.5, 0.6) is 11.5 Å². The minimum atomic E-state index is -1.74. The number of aromatic amines is 1. The number of hydrogen-bond donors (Lipinski definition) is 2. The Balaban J connectivity index is 1.63. The Hall–Kier alpha value is -5.13. The molecule has 0 radical (unpaired) electrons. The first-order chi connectivity index (χ1) is 27.4. The van der Waals surface area contributed by atoms with Crippen LogP contribution < -0.4 is 26.5 Å². The van der Waals surface area contributed by atoms with Gasteiger partial charge in [0.2, 0.25) is 5.91 Å². The molecule has 57 heavy (non-hydrogen) atoms. The van der Waals surface area contributed by atoms with Gasteiger partial charge in [-0.05, 0) is 74.7 Å². The Kier molecular flexibility index (Phi) is 15.0. The van der Waals surface area contributed by atoms with Gasteiger partial charge in [-0.25, -0.2) is 9.46 Å². The third-order valence-corrected chi connectivity index (χ3v) is 11.6. The molecule has 302 valence electrons. The highest BCUT2D eigenvalue weighted by Gasteiger charge is 2.45. The molecule has 0 aliphatic carbocycles. The first-order valence-corrected chi connectivity index (χ1v) is 19.8. The van der Waals surface area contributed by atoms with E-state index >= 15 is 0 Å². The summed E-state index contributed by atoms with van der Waals surface area (Å²) in [6, 6.07) is 27.3. The number of H-pyrrole nitrogens is 1. The van der Waals surface area contributed by atoms with Crippen LogP contribution in [0.25, 0.3) is 6.08 Å². The molecule has 1 fully saturated rings. The second-order valence-electron chi connectivity index (χ2n) is 13.9. The van der Waals surface area contributed by atoms with Crippen LogP contribution in [0, 0.1) is 11.3 Å². The Labute approximate surface area is 333 Å². The van der Waals surface area contributed by atoms with Crippen LogP contribution in [0.1, 0.15) is 69.0 Å². The van der Waals surface area contributed by atoms with E-state index in [1.807, 2.05) is 107 Å². The SMILES string of the molecule is COc1ccc(C(OCC2OC(n3cc(/C=C/C(N)=O)c(=O)[nH]c3=O)CC2OP(OCCC#N)N(C(C)C)C(C)C)(c2ccccc2)c2ccc(OC)cc2)cc1. The van der Waals surface area contributed by atoms with Gasteiger partial charge in [-0.2, -0.15) is 5.26 Å². The van der Waals surface area contributed by atoms with Gasteiger partial charge in [0.25, 0.3) is 14.1 Å². The minimum absolute atomic E-state index is 0.0170. The Morgan fingerprint density at radius 3 is 2.09 bits per heavy atom. The van der Waals surface area contributed by atoms with E-state index < -0.39 is 49.7 Å². The minimum Gasteiger partial charge on any atom is -0.497 e. The summed E-state index contributed by atoms with van der Waals surface area (Å²) in [6.45, 7) is 8.28. The predicted octanol–water partition coefficient (Wildman–Crippen LogP) is 6.01. The number of methoxy groups -OCH3 is 2. The fraction of sp³-hybridized carbons (Fsp3) is 0.381. The number of nitrogens with one attached hydrogen (secondary N) is 1. The maximum absolute atomic E-state index is 13.4. The summed E-state index contributed by atoms with van der Waals surface area (Å²) in [7, 11) is 1.47. The molecule has 0 bridgehead atoms. The predicted molar refractivity (Wildman–Crippen MR) is 216 cm³/mol. The molecule has 4 atom stereocenters. The molecule has 0 saturated carbocycles. The monoisotopic (exact) mass is 799 g/mol. The van der Waals surface area contributed by atoms with Gasteiger partial charge in [-0.3, -0.25) is 19.1 Å². The average molecular weight is 800 g/mol. The maximum Gasteiger partial charge on any atom is 0.330 e. The van der Waals surface area contributed by atoms with Crippen molar-refractivity contribution in [3.8, 4) is 17.6 Å². The van der Waals surface area contributed by atoms with Gasteiger partial charge >= 0.3 is 5.69 Å². The lowest BCUT2D eigenvalue weighted by Crippen LogP contribution is -2.39. The largest absolute Gasteiger partial charge is 0.497 e. The van der Waals surface area contributed by atoms with Crippen molar-refractivity contribution in [2.75, 3.05) is 27.4 Å². The fourth-order valence-corrected chi connectivity index (χ4v) is 8.59. The van der Waals surface area contributed by atoms with Crippen molar-refractivity contribution >= 4 is 20.5 Å². The van der Waals surface area contributed by atoms with E-state index in [1.54, 1.807) is 14.2 Å². The van der Waals surface area contributed by atoms with Crippen molar-refractivity contribution in [2.24, 2.45) is 5.73 Å². The van der Waals surface area contributed by atoms with E-state index in [0.717, 1.165) is 22.8 Å². The first-order valence-electron chi connectivity index (χ1n) is 18.6. The molecule has 1 saturated heterocycles. The number of rotatable bonds is 19. The number of nitriles is 1. The summed E-state index contributed by atoms with van der Waals surface area (Å²) in [5.74, 6) is 0.592. The molecule has 0 spiro atoms. The first kappa shape index (κ1) is 43.0. The van der Waals surface area contributed by atoms with Crippen LogP contribution in [-0.2, 0) is 28.9 Å². The van der Waals surface area contributed by atoms with Crippen molar-refractivity contribution in [1.29, 1.82) is 5.26 Å². The molecule has 1 amide bonds. The van der Waals surface area contributed by atoms with Gasteiger partial charge in [0.05, 0.1) is 51.6 Å². The van der Waals surface area contributed by atoms with Gasteiger partial charge in [0.1, 0.15) is 29.4 Å². The molecule has 2 heterocycles. The molecule has 3 N–H and O–H groups in total. The van der Waals surface area contributed by atoms with E-state index in [2.05, 4.69) is 15.7 Å². The molecule has 3 aromatic carbocycles. The number of amides is 1. The second kappa shape index (κ2) is 19.8. The molecule has 14 nitrogen and oxygen atoms in total. The zero-order valence-electron chi connectivity index (χ0n) is 33.0. The molecular formula is C42H50N5O9P. The van der Waals surface area contributed by atoms with Crippen molar-refractivity contribution in [3.05, 3.63) is 134 Å². The molecular weight excluding hydrogens is 749 g/mol. The van der Waals surface area contributed by atoms with Crippen LogP contribution in [0.2, 0.25) is 0 Å². The molecule has 4 unspecified atom stereocenters. The van der Waals surface area contributed by atoms with Gasteiger partial charge in [0.15, 0.2) is 0 Å². The van der Waals surface area contributed by atoms with Crippen LogP contribution in [0.4, 0.5) is 0 Å².